The number of hydrogen-bond donors (Lipinski definition) is 5. The van der Waals surface area contributed by atoms with E-state index in [9.17, 15) is 10.2 Å². The average molecular weight is 194 g/mol. The second kappa shape index (κ2) is 4.29. The number of ether oxygens (including phenoxy) is 1. The van der Waals surface area contributed by atoms with E-state index in [4.69, 9.17) is 20.8 Å². The quantitative estimate of drug-likeness (QED) is 0.302. The molecule has 1 aliphatic rings. The van der Waals surface area contributed by atoms with Gasteiger partial charge in [-0.25, -0.2) is 0 Å². The summed E-state index contributed by atoms with van der Waals surface area (Å²) in [6.07, 6.45) is -4.72. The Morgan fingerprint density at radius 3 is 2.54 bits per heavy atom. The molecule has 0 amide bonds. The van der Waals surface area contributed by atoms with Crippen LogP contribution in [-0.2, 0) is 4.74 Å². The van der Waals surface area contributed by atoms with E-state index in [0.717, 1.165) is 0 Å². The normalized spacial score (nSPS) is 43.2. The number of hydroxylamine groups is 2. The van der Waals surface area contributed by atoms with E-state index in [2.05, 4.69) is 0 Å². The molecule has 7 heteroatoms. The first kappa shape index (κ1) is 10.8. The smallest absolute Gasteiger partial charge is 0.124 e. The highest BCUT2D eigenvalue weighted by atomic mass is 16.6. The minimum atomic E-state index is -1.36. The maximum absolute atomic E-state index is 9.35. The maximum atomic E-state index is 9.35. The Morgan fingerprint density at radius 2 is 2.00 bits per heavy atom. The molecule has 1 saturated heterocycles. The van der Waals surface area contributed by atoms with Gasteiger partial charge < -0.3 is 31.0 Å². The number of nitrogens with zero attached hydrogens (tertiary/aromatic N) is 1. The third kappa shape index (κ3) is 2.15. The monoisotopic (exact) mass is 194 g/mol. The summed E-state index contributed by atoms with van der Waals surface area (Å²) in [4.78, 5) is 0. The molecule has 0 aromatic rings. The molecule has 7 nitrogen and oxygen atoms in total. The van der Waals surface area contributed by atoms with Crippen molar-refractivity contribution < 1.29 is 25.3 Å². The van der Waals surface area contributed by atoms with Gasteiger partial charge in [0.15, 0.2) is 0 Å². The minimum absolute atomic E-state index is 0.263. The van der Waals surface area contributed by atoms with Crippen LogP contribution in [0, 0.1) is 0 Å². The van der Waals surface area contributed by atoms with E-state index in [-0.39, 0.29) is 6.73 Å². The molecule has 0 aliphatic carbocycles. The lowest BCUT2D eigenvalue weighted by atomic mass is 10.1. The molecule has 1 fully saturated rings. The van der Waals surface area contributed by atoms with E-state index in [1.807, 2.05) is 0 Å². The van der Waals surface area contributed by atoms with Gasteiger partial charge in [-0.1, -0.05) is 0 Å². The lowest BCUT2D eigenvalue weighted by Gasteiger charge is -2.25. The second-order valence-corrected chi connectivity index (χ2v) is 2.93. The van der Waals surface area contributed by atoms with E-state index in [1.54, 1.807) is 0 Å². The van der Waals surface area contributed by atoms with Crippen LogP contribution in [0.2, 0.25) is 0 Å². The fourth-order valence-electron chi connectivity index (χ4n) is 1.12. The topological polar surface area (TPSA) is 119 Å². The zero-order valence-corrected chi connectivity index (χ0v) is 6.95. The summed E-state index contributed by atoms with van der Waals surface area (Å²) >= 11 is 0. The zero-order chi connectivity index (χ0) is 10.0. The van der Waals surface area contributed by atoms with Crippen LogP contribution in [0.3, 0.4) is 0 Å². The lowest BCUT2D eigenvalue weighted by molar-refractivity contribution is -0.195. The molecular formula is C6H14N2O5. The molecule has 1 heterocycles. The summed E-state index contributed by atoms with van der Waals surface area (Å²) in [5.41, 5.74) is 5.33. The zero-order valence-electron chi connectivity index (χ0n) is 6.95. The van der Waals surface area contributed by atoms with Gasteiger partial charge in [-0.15, -0.1) is 5.06 Å². The molecule has 6 N–H and O–H groups in total. The van der Waals surface area contributed by atoms with Crippen molar-refractivity contribution >= 4 is 0 Å². The summed E-state index contributed by atoms with van der Waals surface area (Å²) < 4.78 is 4.85. The SMILES string of the molecule is NC1C(O)C(O)C(CO)OCN1O. The Balaban J connectivity index is 2.69. The van der Waals surface area contributed by atoms with E-state index < -0.39 is 31.1 Å². The molecule has 0 aromatic heterocycles. The van der Waals surface area contributed by atoms with Gasteiger partial charge in [0.25, 0.3) is 0 Å². The summed E-state index contributed by atoms with van der Waals surface area (Å²) in [6.45, 7) is -0.709. The van der Waals surface area contributed by atoms with Crippen molar-refractivity contribution in [1.29, 1.82) is 0 Å². The molecule has 0 saturated carbocycles. The molecule has 13 heavy (non-hydrogen) atoms. The number of rotatable bonds is 1. The Kier molecular flexibility index (Phi) is 3.56. The first-order chi connectivity index (χ1) is 6.07. The molecule has 1 rings (SSSR count). The van der Waals surface area contributed by atoms with Crippen LogP contribution in [0.5, 0.6) is 0 Å². The van der Waals surface area contributed by atoms with Crippen molar-refractivity contribution in [3.05, 3.63) is 0 Å². The lowest BCUT2D eigenvalue weighted by Crippen LogP contribution is -2.52. The van der Waals surface area contributed by atoms with Crippen molar-refractivity contribution in [1.82, 2.24) is 5.06 Å². The highest BCUT2D eigenvalue weighted by Crippen LogP contribution is 2.13. The Labute approximate surface area is 74.9 Å². The molecule has 78 valence electrons. The van der Waals surface area contributed by atoms with E-state index in [1.165, 1.54) is 0 Å². The largest absolute Gasteiger partial charge is 0.394 e. The second-order valence-electron chi connectivity index (χ2n) is 2.93. The van der Waals surface area contributed by atoms with Crippen LogP contribution >= 0.6 is 0 Å². The van der Waals surface area contributed by atoms with Gasteiger partial charge in [-0.2, -0.15) is 0 Å². The first-order valence-electron chi connectivity index (χ1n) is 3.87. The molecule has 0 aromatic carbocycles. The molecule has 1 aliphatic heterocycles. The highest BCUT2D eigenvalue weighted by Gasteiger charge is 2.37. The summed E-state index contributed by atoms with van der Waals surface area (Å²) in [6, 6.07) is 0. The van der Waals surface area contributed by atoms with Gasteiger partial charge in [0.2, 0.25) is 0 Å². The Hall–Kier alpha value is -0.280. The van der Waals surface area contributed by atoms with Gasteiger partial charge in [0.1, 0.15) is 31.2 Å². The van der Waals surface area contributed by atoms with E-state index >= 15 is 0 Å². The van der Waals surface area contributed by atoms with Gasteiger partial charge in [-0.05, 0) is 0 Å². The fourth-order valence-corrected chi connectivity index (χ4v) is 1.12. The van der Waals surface area contributed by atoms with Crippen molar-refractivity contribution in [2.24, 2.45) is 5.73 Å². The van der Waals surface area contributed by atoms with Crippen LogP contribution in [0.4, 0.5) is 0 Å². The van der Waals surface area contributed by atoms with E-state index in [0.29, 0.717) is 5.06 Å². The molecule has 0 bridgehead atoms. The fraction of sp³-hybridized carbons (Fsp3) is 1.00. The van der Waals surface area contributed by atoms with Crippen molar-refractivity contribution in [3.8, 4) is 0 Å². The third-order valence-electron chi connectivity index (χ3n) is 2.03. The van der Waals surface area contributed by atoms with Gasteiger partial charge >= 0.3 is 0 Å². The van der Waals surface area contributed by atoms with Gasteiger partial charge in [0.05, 0.1) is 6.61 Å². The van der Waals surface area contributed by atoms with Crippen molar-refractivity contribution in [3.63, 3.8) is 0 Å². The number of aliphatic hydroxyl groups excluding tert-OH is 3. The third-order valence-corrected chi connectivity index (χ3v) is 2.03. The number of hydrogen-bond acceptors (Lipinski definition) is 7. The standard InChI is InChI=1S/C6H14N2O5/c7-6-5(11)4(10)3(1-9)13-2-8(6)12/h3-6,9-12H,1-2,7H2. The number of aliphatic hydroxyl groups is 3. The predicted octanol–water partition coefficient (Wildman–Crippen LogP) is -2.97. The molecule has 0 spiro atoms. The van der Waals surface area contributed by atoms with Crippen molar-refractivity contribution in [2.75, 3.05) is 13.3 Å². The Bertz CT molecular complexity index is 167. The molecule has 4 atom stereocenters. The summed E-state index contributed by atoms with van der Waals surface area (Å²) in [5.74, 6) is 0. The van der Waals surface area contributed by atoms with Crippen LogP contribution in [0.25, 0.3) is 0 Å². The maximum Gasteiger partial charge on any atom is 0.124 e. The predicted molar refractivity (Wildman–Crippen MR) is 40.4 cm³/mol. The van der Waals surface area contributed by atoms with Crippen molar-refractivity contribution in [2.45, 2.75) is 24.5 Å². The van der Waals surface area contributed by atoms with Crippen LogP contribution in [-0.4, -0.2) is 63.4 Å². The minimum Gasteiger partial charge on any atom is -0.394 e. The average Bonchev–Trinajstić information content (AvgIpc) is 2.22. The highest BCUT2D eigenvalue weighted by molar-refractivity contribution is 4.84. The van der Waals surface area contributed by atoms with Crippen LogP contribution in [0.15, 0.2) is 0 Å². The number of nitrogens with two attached hydrogens (primary N) is 1. The van der Waals surface area contributed by atoms with Gasteiger partial charge in [-0.3, -0.25) is 0 Å². The van der Waals surface area contributed by atoms with Crippen LogP contribution < -0.4 is 5.73 Å². The summed E-state index contributed by atoms with van der Waals surface area (Å²) in [5, 5.41) is 37.1. The Morgan fingerprint density at radius 1 is 1.38 bits per heavy atom. The molecule has 0 radical (unpaired) electrons. The molecular weight excluding hydrogens is 180 g/mol. The summed E-state index contributed by atoms with van der Waals surface area (Å²) in [7, 11) is 0. The van der Waals surface area contributed by atoms with Crippen LogP contribution in [0.1, 0.15) is 0 Å². The first-order valence-corrected chi connectivity index (χ1v) is 3.87. The molecule has 4 unspecified atom stereocenters. The van der Waals surface area contributed by atoms with Gasteiger partial charge in [0, 0.05) is 0 Å².